The molecule has 100 valence electrons. The highest BCUT2D eigenvalue weighted by Crippen LogP contribution is 2.22. The van der Waals surface area contributed by atoms with Crippen LogP contribution in [-0.2, 0) is 4.79 Å². The van der Waals surface area contributed by atoms with Gasteiger partial charge in [0.15, 0.2) is 0 Å². The van der Waals surface area contributed by atoms with Crippen molar-refractivity contribution in [1.29, 1.82) is 0 Å². The largest absolute Gasteiger partial charge is 0.368 e. The molecule has 0 bridgehead atoms. The lowest BCUT2D eigenvalue weighted by atomic mass is 9.92. The Kier molecular flexibility index (Phi) is 4.95. The molecule has 1 aliphatic heterocycles. The number of nitrogens with zero attached hydrogens (tertiary/aromatic N) is 1. The van der Waals surface area contributed by atoms with Crippen LogP contribution in [0.4, 0.5) is 0 Å². The molecule has 4 heteroatoms. The average Bonchev–Trinajstić information content (AvgIpc) is 2.41. The van der Waals surface area contributed by atoms with E-state index in [9.17, 15) is 4.79 Å². The van der Waals surface area contributed by atoms with Gasteiger partial charge < -0.3 is 11.5 Å². The van der Waals surface area contributed by atoms with Crippen LogP contribution in [0.1, 0.15) is 52.9 Å². The fourth-order valence-electron chi connectivity index (χ4n) is 2.78. The van der Waals surface area contributed by atoms with Gasteiger partial charge in [0.05, 0.1) is 5.54 Å². The second-order valence-electron chi connectivity index (χ2n) is 5.77. The van der Waals surface area contributed by atoms with E-state index >= 15 is 0 Å². The molecule has 0 aromatic rings. The first-order valence-electron chi connectivity index (χ1n) is 6.69. The molecule has 0 aromatic carbocycles. The first-order chi connectivity index (χ1) is 7.84. The van der Waals surface area contributed by atoms with E-state index in [0.717, 1.165) is 6.54 Å². The van der Waals surface area contributed by atoms with Gasteiger partial charge in [-0.2, -0.15) is 0 Å². The second-order valence-corrected chi connectivity index (χ2v) is 5.77. The number of carbonyl (C=O) groups excluding carboxylic acids is 1. The third-order valence-corrected chi connectivity index (χ3v) is 3.95. The van der Waals surface area contributed by atoms with Crippen LogP contribution in [0.5, 0.6) is 0 Å². The number of hydrogen-bond donors (Lipinski definition) is 2. The van der Waals surface area contributed by atoms with Gasteiger partial charge in [-0.1, -0.05) is 12.8 Å². The molecule has 0 radical (unpaired) electrons. The summed E-state index contributed by atoms with van der Waals surface area (Å²) in [6.45, 7) is 7.25. The van der Waals surface area contributed by atoms with Crippen molar-refractivity contribution in [3.8, 4) is 0 Å². The first kappa shape index (κ1) is 14.5. The number of amides is 1. The SMILES string of the molecule is CC1CCCCCN1C(C)CC(C)(N)C(N)=O. The molecule has 1 aliphatic rings. The maximum atomic E-state index is 11.3. The van der Waals surface area contributed by atoms with Crippen LogP contribution in [0.2, 0.25) is 0 Å². The molecule has 3 atom stereocenters. The Balaban J connectivity index is 2.61. The van der Waals surface area contributed by atoms with E-state index in [1.807, 2.05) is 0 Å². The molecule has 4 N–H and O–H groups in total. The minimum Gasteiger partial charge on any atom is -0.368 e. The first-order valence-corrected chi connectivity index (χ1v) is 6.69. The van der Waals surface area contributed by atoms with Crippen LogP contribution in [0.15, 0.2) is 0 Å². The fraction of sp³-hybridized carbons (Fsp3) is 0.923. The number of nitrogens with two attached hydrogens (primary N) is 2. The molecule has 0 spiro atoms. The maximum absolute atomic E-state index is 11.3. The molecule has 1 fully saturated rings. The molecule has 1 saturated heterocycles. The van der Waals surface area contributed by atoms with Crippen molar-refractivity contribution in [2.75, 3.05) is 6.54 Å². The lowest BCUT2D eigenvalue weighted by molar-refractivity contribution is -0.123. The summed E-state index contributed by atoms with van der Waals surface area (Å²) in [5.74, 6) is -0.410. The van der Waals surface area contributed by atoms with Gasteiger partial charge in [0, 0.05) is 12.1 Å². The van der Waals surface area contributed by atoms with Crippen LogP contribution in [0.3, 0.4) is 0 Å². The highest BCUT2D eigenvalue weighted by molar-refractivity contribution is 5.83. The standard InChI is InChI=1S/C13H27N3O/c1-10-7-5-4-6-8-16(10)11(2)9-13(3,15)12(14)17/h10-11H,4-9,15H2,1-3H3,(H2,14,17). The smallest absolute Gasteiger partial charge is 0.237 e. The molecule has 1 heterocycles. The van der Waals surface area contributed by atoms with Gasteiger partial charge in [-0.05, 0) is 46.6 Å². The number of likely N-dealkylation sites (tertiary alicyclic amines) is 1. The summed E-state index contributed by atoms with van der Waals surface area (Å²) in [5, 5.41) is 0. The predicted molar refractivity (Wildman–Crippen MR) is 70.5 cm³/mol. The second kappa shape index (κ2) is 5.83. The predicted octanol–water partition coefficient (Wildman–Crippen LogP) is 1.23. The molecule has 3 unspecified atom stereocenters. The summed E-state index contributed by atoms with van der Waals surface area (Å²) >= 11 is 0. The summed E-state index contributed by atoms with van der Waals surface area (Å²) < 4.78 is 0. The Labute approximate surface area is 105 Å². The Morgan fingerprint density at radius 2 is 2.12 bits per heavy atom. The molecule has 0 aliphatic carbocycles. The van der Waals surface area contributed by atoms with E-state index in [0.29, 0.717) is 18.5 Å². The topological polar surface area (TPSA) is 72.3 Å². The number of carbonyl (C=O) groups is 1. The molecule has 0 saturated carbocycles. The van der Waals surface area contributed by atoms with Gasteiger partial charge in [0.25, 0.3) is 0 Å². The molecular weight excluding hydrogens is 214 g/mol. The molecule has 1 amide bonds. The third-order valence-electron chi connectivity index (χ3n) is 3.95. The minimum atomic E-state index is -0.897. The van der Waals surface area contributed by atoms with Crippen molar-refractivity contribution in [3.63, 3.8) is 0 Å². The maximum Gasteiger partial charge on any atom is 0.237 e. The van der Waals surface area contributed by atoms with Crippen molar-refractivity contribution in [1.82, 2.24) is 4.90 Å². The Morgan fingerprint density at radius 3 is 2.71 bits per heavy atom. The van der Waals surface area contributed by atoms with Crippen molar-refractivity contribution in [2.45, 2.75) is 70.5 Å². The van der Waals surface area contributed by atoms with Crippen LogP contribution >= 0.6 is 0 Å². The lowest BCUT2D eigenvalue weighted by Gasteiger charge is -2.36. The zero-order valence-electron chi connectivity index (χ0n) is 11.4. The third kappa shape index (κ3) is 3.96. The van der Waals surface area contributed by atoms with Crippen molar-refractivity contribution in [2.24, 2.45) is 11.5 Å². The lowest BCUT2D eigenvalue weighted by Crippen LogP contribution is -2.54. The normalized spacial score (nSPS) is 28.1. The minimum absolute atomic E-state index is 0.311. The quantitative estimate of drug-likeness (QED) is 0.777. The molecule has 17 heavy (non-hydrogen) atoms. The van der Waals surface area contributed by atoms with Gasteiger partial charge in [-0.3, -0.25) is 9.69 Å². The molecular formula is C13H27N3O. The van der Waals surface area contributed by atoms with Crippen LogP contribution in [0, 0.1) is 0 Å². The van der Waals surface area contributed by atoms with Gasteiger partial charge >= 0.3 is 0 Å². The Bertz CT molecular complexity index is 265. The van der Waals surface area contributed by atoms with E-state index in [-0.39, 0.29) is 0 Å². The zero-order valence-corrected chi connectivity index (χ0v) is 11.4. The Hall–Kier alpha value is -0.610. The van der Waals surface area contributed by atoms with Gasteiger partial charge in [0.2, 0.25) is 5.91 Å². The summed E-state index contributed by atoms with van der Waals surface area (Å²) in [5.41, 5.74) is 10.4. The van der Waals surface area contributed by atoms with Crippen molar-refractivity contribution in [3.05, 3.63) is 0 Å². The summed E-state index contributed by atoms with van der Waals surface area (Å²) in [4.78, 5) is 13.7. The van der Waals surface area contributed by atoms with E-state index in [2.05, 4.69) is 18.7 Å². The highest BCUT2D eigenvalue weighted by Gasteiger charge is 2.31. The molecule has 4 nitrogen and oxygen atoms in total. The average molecular weight is 241 g/mol. The molecule has 0 aromatic heterocycles. The number of rotatable bonds is 4. The monoisotopic (exact) mass is 241 g/mol. The van der Waals surface area contributed by atoms with E-state index < -0.39 is 11.4 Å². The number of primary amides is 1. The van der Waals surface area contributed by atoms with Crippen LogP contribution in [0.25, 0.3) is 0 Å². The van der Waals surface area contributed by atoms with Crippen molar-refractivity contribution >= 4 is 5.91 Å². The zero-order chi connectivity index (χ0) is 13.1. The summed E-state index contributed by atoms with van der Waals surface area (Å²) in [7, 11) is 0. The Morgan fingerprint density at radius 1 is 1.47 bits per heavy atom. The van der Waals surface area contributed by atoms with Crippen LogP contribution in [-0.4, -0.2) is 35.0 Å². The summed E-state index contributed by atoms with van der Waals surface area (Å²) in [6.07, 6.45) is 5.73. The number of hydrogen-bond acceptors (Lipinski definition) is 3. The van der Waals surface area contributed by atoms with Crippen LogP contribution < -0.4 is 11.5 Å². The highest BCUT2D eigenvalue weighted by atomic mass is 16.1. The van der Waals surface area contributed by atoms with Crippen molar-refractivity contribution < 1.29 is 4.79 Å². The summed E-state index contributed by atoms with van der Waals surface area (Å²) in [6, 6.07) is 0.891. The van der Waals surface area contributed by atoms with Gasteiger partial charge in [-0.25, -0.2) is 0 Å². The van der Waals surface area contributed by atoms with E-state index in [1.54, 1.807) is 6.92 Å². The van der Waals surface area contributed by atoms with Gasteiger partial charge in [-0.15, -0.1) is 0 Å². The van der Waals surface area contributed by atoms with Gasteiger partial charge in [0.1, 0.15) is 0 Å². The van der Waals surface area contributed by atoms with E-state index in [1.165, 1.54) is 25.7 Å². The van der Waals surface area contributed by atoms with E-state index in [4.69, 9.17) is 11.5 Å². The molecule has 1 rings (SSSR count). The fourth-order valence-corrected chi connectivity index (χ4v) is 2.78.